The molecule has 0 unspecified atom stereocenters. The van der Waals surface area contributed by atoms with Crippen LogP contribution in [-0.4, -0.2) is 66.4 Å². The molecule has 1 aromatic heterocycles. The van der Waals surface area contributed by atoms with Gasteiger partial charge in [0.2, 0.25) is 0 Å². The molecule has 1 aliphatic heterocycles. The molecule has 1 aliphatic rings. The number of thiocarbonyl (C=S) groups is 1. The van der Waals surface area contributed by atoms with Gasteiger partial charge in [-0.2, -0.15) is 0 Å². The van der Waals surface area contributed by atoms with Crippen molar-refractivity contribution < 1.29 is 13.9 Å². The molecular weight excluding hydrogens is 455 g/mol. The monoisotopic (exact) mass is 484 g/mol. The molecule has 0 saturated carbocycles. The van der Waals surface area contributed by atoms with Gasteiger partial charge < -0.3 is 24.7 Å². The predicted octanol–water partition coefficient (Wildman–Crippen LogP) is 3.60. The zero-order valence-corrected chi connectivity index (χ0v) is 20.0. The number of rotatable bonds is 8. The molecule has 2 heterocycles. The number of morpholine rings is 1. The van der Waals surface area contributed by atoms with E-state index >= 15 is 0 Å². The molecule has 0 amide bonds. The highest BCUT2D eigenvalue weighted by molar-refractivity contribution is 7.80. The Kier molecular flexibility index (Phi) is 8.10. The lowest BCUT2D eigenvalue weighted by Crippen LogP contribution is -2.40. The van der Waals surface area contributed by atoms with Crippen molar-refractivity contribution in [2.45, 2.75) is 13.0 Å². The van der Waals surface area contributed by atoms with E-state index in [-0.39, 0.29) is 11.4 Å². The van der Waals surface area contributed by atoms with Gasteiger partial charge in [-0.3, -0.25) is 9.69 Å². The summed E-state index contributed by atoms with van der Waals surface area (Å²) in [5.41, 5.74) is 1.87. The first-order valence-corrected chi connectivity index (χ1v) is 11.7. The molecule has 34 heavy (non-hydrogen) atoms. The highest BCUT2D eigenvalue weighted by Crippen LogP contribution is 2.19. The van der Waals surface area contributed by atoms with Crippen molar-refractivity contribution in [3.8, 4) is 5.75 Å². The average Bonchev–Trinajstić information content (AvgIpc) is 2.85. The summed E-state index contributed by atoms with van der Waals surface area (Å²) in [5, 5.41) is 4.58. The Morgan fingerprint density at radius 3 is 2.71 bits per heavy atom. The lowest BCUT2D eigenvalue weighted by atomic mass is 10.1. The first-order chi connectivity index (χ1) is 16.5. The number of methoxy groups -OCH3 is 1. The summed E-state index contributed by atoms with van der Waals surface area (Å²) < 4.78 is 24.0. The van der Waals surface area contributed by atoms with Gasteiger partial charge in [-0.25, -0.2) is 4.39 Å². The zero-order valence-electron chi connectivity index (χ0n) is 19.2. The van der Waals surface area contributed by atoms with E-state index in [1.807, 2.05) is 23.1 Å². The van der Waals surface area contributed by atoms with Crippen LogP contribution in [0.2, 0.25) is 0 Å². The van der Waals surface area contributed by atoms with Crippen LogP contribution >= 0.6 is 12.2 Å². The van der Waals surface area contributed by atoms with Crippen molar-refractivity contribution in [2.75, 3.05) is 51.8 Å². The normalized spacial score (nSPS) is 14.2. The molecule has 0 bridgehead atoms. The Morgan fingerprint density at radius 2 is 1.97 bits per heavy atom. The van der Waals surface area contributed by atoms with Crippen molar-refractivity contribution in [2.24, 2.45) is 0 Å². The van der Waals surface area contributed by atoms with Crippen molar-refractivity contribution in [3.05, 3.63) is 70.3 Å². The van der Waals surface area contributed by atoms with Crippen LogP contribution in [-0.2, 0) is 11.3 Å². The van der Waals surface area contributed by atoms with Gasteiger partial charge >= 0.3 is 0 Å². The summed E-state index contributed by atoms with van der Waals surface area (Å²) >= 11 is 5.69. The molecule has 7 nitrogen and oxygen atoms in total. The number of nitrogens with zero attached hydrogens (tertiary/aromatic N) is 2. The average molecular weight is 485 g/mol. The van der Waals surface area contributed by atoms with Crippen LogP contribution in [0, 0.1) is 5.82 Å². The fourth-order valence-electron chi connectivity index (χ4n) is 3.97. The van der Waals surface area contributed by atoms with Crippen LogP contribution in [0.5, 0.6) is 5.75 Å². The third-order valence-corrected chi connectivity index (χ3v) is 6.24. The zero-order chi connectivity index (χ0) is 23.9. The van der Waals surface area contributed by atoms with E-state index in [2.05, 4.69) is 15.2 Å². The van der Waals surface area contributed by atoms with Crippen molar-refractivity contribution in [1.82, 2.24) is 14.8 Å². The smallest absolute Gasteiger partial charge is 0.253 e. The van der Waals surface area contributed by atoms with Gasteiger partial charge in [-0.15, -0.1) is 0 Å². The second-order valence-electron chi connectivity index (χ2n) is 8.24. The van der Waals surface area contributed by atoms with Gasteiger partial charge in [0.1, 0.15) is 11.6 Å². The SMILES string of the molecule is COc1ccc2cc(CN(CCCN3CCOCC3)C(=S)Nc3ccc(F)cc3)c(=O)[nH]c2c1. The van der Waals surface area contributed by atoms with E-state index in [0.717, 1.165) is 50.2 Å². The number of halogens is 1. The lowest BCUT2D eigenvalue weighted by molar-refractivity contribution is 0.0367. The fourth-order valence-corrected chi connectivity index (χ4v) is 4.25. The van der Waals surface area contributed by atoms with Crippen LogP contribution < -0.4 is 15.6 Å². The highest BCUT2D eigenvalue weighted by Gasteiger charge is 2.16. The summed E-state index contributed by atoms with van der Waals surface area (Å²) in [6.45, 7) is 5.31. The molecule has 2 aromatic carbocycles. The second-order valence-corrected chi connectivity index (χ2v) is 8.63. The minimum Gasteiger partial charge on any atom is -0.497 e. The first-order valence-electron chi connectivity index (χ1n) is 11.3. The molecule has 3 aromatic rings. The van der Waals surface area contributed by atoms with Gasteiger partial charge in [-0.1, -0.05) is 0 Å². The quantitative estimate of drug-likeness (QED) is 0.474. The number of fused-ring (bicyclic) bond motifs is 1. The molecule has 0 aliphatic carbocycles. The third kappa shape index (κ3) is 6.31. The summed E-state index contributed by atoms with van der Waals surface area (Å²) in [6, 6.07) is 13.5. The summed E-state index contributed by atoms with van der Waals surface area (Å²) in [7, 11) is 1.59. The Balaban J connectivity index is 1.51. The maximum Gasteiger partial charge on any atom is 0.253 e. The molecule has 0 atom stereocenters. The van der Waals surface area contributed by atoms with E-state index in [0.29, 0.717) is 35.2 Å². The molecule has 1 saturated heterocycles. The van der Waals surface area contributed by atoms with Crippen LogP contribution in [0.4, 0.5) is 10.1 Å². The molecular formula is C25H29FN4O3S. The highest BCUT2D eigenvalue weighted by atomic mass is 32.1. The molecule has 4 rings (SSSR count). The number of hydrogen-bond acceptors (Lipinski definition) is 5. The van der Waals surface area contributed by atoms with E-state index in [9.17, 15) is 9.18 Å². The predicted molar refractivity (Wildman–Crippen MR) is 136 cm³/mol. The molecule has 0 spiro atoms. The number of aromatic nitrogens is 1. The van der Waals surface area contributed by atoms with Crippen molar-refractivity contribution in [3.63, 3.8) is 0 Å². The fraction of sp³-hybridized carbons (Fsp3) is 0.360. The van der Waals surface area contributed by atoms with E-state index in [1.54, 1.807) is 25.3 Å². The van der Waals surface area contributed by atoms with Crippen LogP contribution in [0.15, 0.2) is 53.3 Å². The number of pyridine rings is 1. The number of anilines is 1. The molecule has 9 heteroatoms. The van der Waals surface area contributed by atoms with E-state index in [1.165, 1.54) is 12.1 Å². The topological polar surface area (TPSA) is 69.8 Å². The summed E-state index contributed by atoms with van der Waals surface area (Å²) in [6.07, 6.45) is 0.883. The van der Waals surface area contributed by atoms with Gasteiger partial charge in [0.15, 0.2) is 5.11 Å². The maximum atomic E-state index is 13.3. The van der Waals surface area contributed by atoms with Crippen molar-refractivity contribution >= 4 is 33.9 Å². The van der Waals surface area contributed by atoms with E-state index < -0.39 is 0 Å². The molecule has 180 valence electrons. The molecule has 0 radical (unpaired) electrons. The third-order valence-electron chi connectivity index (χ3n) is 5.88. The summed E-state index contributed by atoms with van der Waals surface area (Å²) in [5.74, 6) is 0.378. The number of benzene rings is 2. The van der Waals surface area contributed by atoms with Crippen LogP contribution in [0.25, 0.3) is 10.9 Å². The van der Waals surface area contributed by atoms with Gasteiger partial charge in [0.05, 0.1) is 32.4 Å². The van der Waals surface area contributed by atoms with Gasteiger partial charge in [0.25, 0.3) is 5.56 Å². The minimum absolute atomic E-state index is 0.163. The standard InChI is InChI=1S/C25H29FN4O3S/c1-32-22-8-3-18-15-19(24(31)28-23(18)16-22)17-30(10-2-9-29-11-13-33-14-12-29)25(34)27-21-6-4-20(26)5-7-21/h3-8,15-16H,2,9-14,17H2,1H3,(H,27,34)(H,28,31). The summed E-state index contributed by atoms with van der Waals surface area (Å²) in [4.78, 5) is 20.2. The number of aromatic amines is 1. The van der Waals surface area contributed by atoms with Gasteiger partial charge in [-0.05, 0) is 66.5 Å². The van der Waals surface area contributed by atoms with E-state index in [4.69, 9.17) is 21.7 Å². The Labute approximate surface area is 203 Å². The number of nitrogens with one attached hydrogen (secondary N) is 2. The largest absolute Gasteiger partial charge is 0.497 e. The first kappa shape index (κ1) is 24.1. The number of H-pyrrole nitrogens is 1. The molecule has 1 fully saturated rings. The minimum atomic E-state index is -0.307. The van der Waals surface area contributed by atoms with Crippen molar-refractivity contribution in [1.29, 1.82) is 0 Å². The Morgan fingerprint density at radius 1 is 1.21 bits per heavy atom. The maximum absolute atomic E-state index is 13.3. The Bertz CT molecular complexity index is 1180. The van der Waals surface area contributed by atoms with Crippen LogP contribution in [0.3, 0.4) is 0 Å². The molecule has 2 N–H and O–H groups in total. The lowest BCUT2D eigenvalue weighted by Gasteiger charge is -2.29. The number of ether oxygens (including phenoxy) is 2. The Hall–Kier alpha value is -3.01. The van der Waals surface area contributed by atoms with Crippen LogP contribution in [0.1, 0.15) is 12.0 Å². The number of hydrogen-bond donors (Lipinski definition) is 2. The van der Waals surface area contributed by atoms with Gasteiger partial charge in [0, 0.05) is 43.5 Å². The second kappa shape index (κ2) is 11.4.